The molecule has 9 heteroatoms. The summed E-state index contributed by atoms with van der Waals surface area (Å²) in [6.07, 6.45) is 5.25. The summed E-state index contributed by atoms with van der Waals surface area (Å²) in [5.74, 6) is -0.773. The van der Waals surface area contributed by atoms with Crippen LogP contribution in [0.3, 0.4) is 0 Å². The second-order valence-corrected chi connectivity index (χ2v) is 14.6. The Morgan fingerprint density at radius 2 is 1.40 bits per heavy atom. The zero-order chi connectivity index (χ0) is 33.4. The third-order valence-corrected chi connectivity index (χ3v) is 10.9. The Morgan fingerprint density at radius 1 is 0.809 bits per heavy atom. The molecule has 4 aromatic rings. The normalized spacial score (nSPS) is 14.3. The van der Waals surface area contributed by atoms with E-state index in [1.54, 1.807) is 42.5 Å². The fraction of sp³-hybridized carbons (Fsp3) is 0.316. The molecule has 0 saturated heterocycles. The van der Waals surface area contributed by atoms with E-state index in [2.05, 4.69) is 5.32 Å². The first-order valence-electron chi connectivity index (χ1n) is 16.1. The molecule has 5 rings (SSSR count). The van der Waals surface area contributed by atoms with Gasteiger partial charge >= 0.3 is 0 Å². The molecule has 0 bridgehead atoms. The fourth-order valence-electron chi connectivity index (χ4n) is 5.99. The van der Waals surface area contributed by atoms with Crippen LogP contribution in [0.25, 0.3) is 0 Å². The fourth-order valence-corrected chi connectivity index (χ4v) is 7.60. The summed E-state index contributed by atoms with van der Waals surface area (Å²) in [6.45, 7) is 3.32. The topological polar surface area (TPSA) is 86.8 Å². The van der Waals surface area contributed by atoms with Crippen molar-refractivity contribution in [1.29, 1.82) is 0 Å². The molecule has 0 aromatic heterocycles. The van der Waals surface area contributed by atoms with Gasteiger partial charge in [-0.25, -0.2) is 8.42 Å². The van der Waals surface area contributed by atoms with Crippen molar-refractivity contribution < 1.29 is 18.0 Å². The average Bonchev–Trinajstić information content (AvgIpc) is 3.07. The summed E-state index contributed by atoms with van der Waals surface area (Å²) in [6, 6.07) is 29.5. The smallest absolute Gasteiger partial charge is 0.264 e. The minimum Gasteiger partial charge on any atom is -0.352 e. The van der Waals surface area contributed by atoms with Crippen LogP contribution in [-0.4, -0.2) is 43.8 Å². The van der Waals surface area contributed by atoms with Crippen molar-refractivity contribution in [3.8, 4) is 0 Å². The van der Waals surface area contributed by atoms with Crippen molar-refractivity contribution in [2.75, 3.05) is 10.8 Å². The van der Waals surface area contributed by atoms with Crippen molar-refractivity contribution >= 4 is 39.1 Å². The molecule has 1 atom stereocenters. The van der Waals surface area contributed by atoms with E-state index in [0.717, 1.165) is 53.1 Å². The number of benzene rings is 4. The molecule has 4 aromatic carbocycles. The largest absolute Gasteiger partial charge is 0.352 e. The first-order chi connectivity index (χ1) is 22.6. The van der Waals surface area contributed by atoms with Crippen LogP contribution in [0.5, 0.6) is 0 Å². The van der Waals surface area contributed by atoms with E-state index in [-0.39, 0.29) is 29.8 Å². The highest BCUT2D eigenvalue weighted by Gasteiger charge is 2.35. The SMILES string of the molecule is Cc1ccc(N(CC(=O)N(Cc2ccccc2Cl)C(Cc2ccccc2)C(=O)NC2CCCCC2)S(=O)(=O)c2ccc(C)cc2)cc1. The first kappa shape index (κ1) is 34.2. The van der Waals surface area contributed by atoms with Crippen LogP contribution in [0, 0.1) is 13.8 Å². The quantitative estimate of drug-likeness (QED) is 0.172. The molecule has 0 radical (unpaired) electrons. The second kappa shape index (κ2) is 15.6. The molecule has 246 valence electrons. The van der Waals surface area contributed by atoms with E-state index in [1.807, 2.05) is 74.5 Å². The van der Waals surface area contributed by atoms with Crippen molar-refractivity contribution in [1.82, 2.24) is 10.2 Å². The zero-order valence-corrected chi connectivity index (χ0v) is 28.5. The maximum atomic E-state index is 14.7. The maximum absolute atomic E-state index is 14.7. The molecule has 0 spiro atoms. The van der Waals surface area contributed by atoms with Gasteiger partial charge in [0.1, 0.15) is 12.6 Å². The van der Waals surface area contributed by atoms with Crippen molar-refractivity contribution in [2.24, 2.45) is 0 Å². The summed E-state index contributed by atoms with van der Waals surface area (Å²) in [5, 5.41) is 3.69. The third kappa shape index (κ3) is 8.82. The van der Waals surface area contributed by atoms with E-state index < -0.39 is 28.5 Å². The summed E-state index contributed by atoms with van der Waals surface area (Å²) < 4.78 is 29.6. The molecular weight excluding hydrogens is 630 g/mol. The number of carbonyl (C=O) groups excluding carboxylic acids is 2. The predicted octanol–water partition coefficient (Wildman–Crippen LogP) is 7.24. The van der Waals surface area contributed by atoms with Crippen LogP contribution in [0.1, 0.15) is 54.4 Å². The Hall–Kier alpha value is -4.14. The Labute approximate surface area is 283 Å². The molecule has 1 unspecified atom stereocenters. The summed E-state index contributed by atoms with van der Waals surface area (Å²) >= 11 is 6.61. The van der Waals surface area contributed by atoms with E-state index in [4.69, 9.17) is 11.6 Å². The van der Waals surface area contributed by atoms with Gasteiger partial charge in [-0.3, -0.25) is 13.9 Å². The molecule has 0 heterocycles. The van der Waals surface area contributed by atoms with Crippen LogP contribution in [-0.2, 0) is 32.6 Å². The van der Waals surface area contributed by atoms with Gasteiger partial charge in [0.2, 0.25) is 11.8 Å². The zero-order valence-electron chi connectivity index (χ0n) is 26.9. The van der Waals surface area contributed by atoms with E-state index in [9.17, 15) is 18.0 Å². The molecule has 1 saturated carbocycles. The average molecular weight is 672 g/mol. The van der Waals surface area contributed by atoms with Crippen molar-refractivity contribution in [3.05, 3.63) is 130 Å². The number of sulfonamides is 1. The lowest BCUT2D eigenvalue weighted by atomic mass is 9.94. The monoisotopic (exact) mass is 671 g/mol. The van der Waals surface area contributed by atoms with Gasteiger partial charge in [0.25, 0.3) is 10.0 Å². The summed E-state index contributed by atoms with van der Waals surface area (Å²) in [5.41, 5.74) is 3.77. The molecule has 0 aliphatic heterocycles. The number of hydrogen-bond donors (Lipinski definition) is 1. The van der Waals surface area contributed by atoms with Crippen LogP contribution >= 0.6 is 11.6 Å². The number of nitrogens with zero attached hydrogens (tertiary/aromatic N) is 2. The molecule has 7 nitrogen and oxygen atoms in total. The molecule has 1 aliphatic rings. The number of halogens is 1. The summed E-state index contributed by atoms with van der Waals surface area (Å²) in [7, 11) is -4.16. The maximum Gasteiger partial charge on any atom is 0.264 e. The Kier molecular flexibility index (Phi) is 11.4. The summed E-state index contributed by atoms with van der Waals surface area (Å²) in [4.78, 5) is 30.4. The van der Waals surface area contributed by atoms with Crippen molar-refractivity contribution in [3.63, 3.8) is 0 Å². The minimum absolute atomic E-state index is 0.0257. The van der Waals surface area contributed by atoms with Crippen LogP contribution < -0.4 is 9.62 Å². The Bertz CT molecular complexity index is 1760. The minimum atomic E-state index is -4.16. The van der Waals surface area contributed by atoms with Crippen molar-refractivity contribution in [2.45, 2.75) is 75.9 Å². The van der Waals surface area contributed by atoms with Gasteiger partial charge in [-0.05, 0) is 68.1 Å². The lowest BCUT2D eigenvalue weighted by molar-refractivity contribution is -0.140. The van der Waals surface area contributed by atoms with Gasteiger partial charge in [0.05, 0.1) is 10.6 Å². The van der Waals surface area contributed by atoms with Crippen LogP contribution in [0.4, 0.5) is 5.69 Å². The van der Waals surface area contributed by atoms with Crippen LogP contribution in [0.15, 0.2) is 108 Å². The molecular formula is C38H42ClN3O4S. The van der Waals surface area contributed by atoms with E-state index in [1.165, 1.54) is 4.90 Å². The van der Waals surface area contributed by atoms with Gasteiger partial charge in [-0.2, -0.15) is 0 Å². The van der Waals surface area contributed by atoms with Crippen LogP contribution in [0.2, 0.25) is 5.02 Å². The standard InChI is InChI=1S/C38H42ClN3O4S/c1-28-17-21-33(22-18-28)42(47(45,46)34-23-19-29(2)20-24-34)27-37(43)41(26-31-13-9-10-16-35(31)39)36(25-30-11-5-3-6-12-30)38(44)40-32-14-7-4-8-15-32/h3,5-6,9-13,16-24,32,36H,4,7-8,14-15,25-27H2,1-2H3,(H,40,44). The number of nitrogens with one attached hydrogen (secondary N) is 1. The number of carbonyl (C=O) groups is 2. The molecule has 1 fully saturated rings. The Balaban J connectivity index is 1.56. The number of amides is 2. The second-order valence-electron chi connectivity index (χ2n) is 12.3. The van der Waals surface area contributed by atoms with E-state index >= 15 is 0 Å². The highest BCUT2D eigenvalue weighted by atomic mass is 35.5. The number of anilines is 1. The number of aryl methyl sites for hydroxylation is 2. The number of hydrogen-bond acceptors (Lipinski definition) is 4. The van der Waals surface area contributed by atoms with Gasteiger partial charge in [-0.1, -0.05) is 115 Å². The third-order valence-electron chi connectivity index (χ3n) is 8.73. The van der Waals surface area contributed by atoms with E-state index in [0.29, 0.717) is 16.3 Å². The predicted molar refractivity (Wildman–Crippen MR) is 188 cm³/mol. The lowest BCUT2D eigenvalue weighted by Gasteiger charge is -2.35. The molecule has 47 heavy (non-hydrogen) atoms. The van der Waals surface area contributed by atoms with Gasteiger partial charge in [0.15, 0.2) is 0 Å². The molecule has 2 amide bonds. The highest BCUT2D eigenvalue weighted by molar-refractivity contribution is 7.92. The highest BCUT2D eigenvalue weighted by Crippen LogP contribution is 2.27. The molecule has 1 aliphatic carbocycles. The lowest BCUT2D eigenvalue weighted by Crippen LogP contribution is -2.55. The van der Waals surface area contributed by atoms with Gasteiger partial charge < -0.3 is 10.2 Å². The molecule has 1 N–H and O–H groups in total. The Morgan fingerprint density at radius 3 is 2.04 bits per heavy atom. The van der Waals surface area contributed by atoms with Gasteiger partial charge in [-0.15, -0.1) is 0 Å². The first-order valence-corrected chi connectivity index (χ1v) is 18.0. The van der Waals surface area contributed by atoms with Gasteiger partial charge in [0, 0.05) is 24.0 Å². The number of rotatable bonds is 12.